The minimum absolute atomic E-state index is 0.896. The molecule has 0 amide bonds. The van der Waals surface area contributed by atoms with E-state index in [1.165, 1.54) is 0 Å². The van der Waals surface area contributed by atoms with Gasteiger partial charge in [0.2, 0.25) is 0 Å². The zero-order valence-electron chi connectivity index (χ0n) is 5.64. The third-order valence-corrected chi connectivity index (χ3v) is 1.50. The third kappa shape index (κ3) is 2.34. The quantitative estimate of drug-likeness (QED) is 0.509. The normalized spacial score (nSPS) is 10.1. The second-order valence-electron chi connectivity index (χ2n) is 2.00. The highest BCUT2D eigenvalue weighted by atomic mass is 32.1. The van der Waals surface area contributed by atoms with E-state index < -0.39 is 0 Å². The van der Waals surface area contributed by atoms with E-state index in [-0.39, 0.29) is 0 Å². The summed E-state index contributed by atoms with van der Waals surface area (Å²) in [4.78, 5) is 0. The number of unbranched alkanes of at least 4 members (excludes halogenated alkanes) is 1. The van der Waals surface area contributed by atoms with Crippen molar-refractivity contribution in [3.05, 3.63) is 6.33 Å². The lowest BCUT2D eigenvalue weighted by atomic mass is 10.3. The standard InChI is InChI=1S/C5H10N4S/c10-4-2-1-3-9-5-6-7-8-9/h5,10H,1-4H2. The first-order chi connectivity index (χ1) is 4.93. The number of rotatable bonds is 4. The van der Waals surface area contributed by atoms with Gasteiger partial charge in [-0.2, -0.15) is 12.6 Å². The van der Waals surface area contributed by atoms with Crippen LogP contribution in [0.4, 0.5) is 0 Å². The Morgan fingerprint density at radius 2 is 2.30 bits per heavy atom. The van der Waals surface area contributed by atoms with Gasteiger partial charge < -0.3 is 0 Å². The minimum atomic E-state index is 0.896. The molecule has 0 saturated heterocycles. The second kappa shape index (κ2) is 4.27. The summed E-state index contributed by atoms with van der Waals surface area (Å²) in [5.41, 5.74) is 0. The van der Waals surface area contributed by atoms with Gasteiger partial charge in [0, 0.05) is 6.54 Å². The van der Waals surface area contributed by atoms with Crippen molar-refractivity contribution in [2.75, 3.05) is 5.75 Å². The number of nitrogens with zero attached hydrogens (tertiary/aromatic N) is 4. The van der Waals surface area contributed by atoms with Crippen LogP contribution in [0.3, 0.4) is 0 Å². The van der Waals surface area contributed by atoms with E-state index in [1.54, 1.807) is 11.0 Å². The molecule has 0 saturated carbocycles. The summed E-state index contributed by atoms with van der Waals surface area (Å²) in [5.74, 6) is 0.933. The zero-order chi connectivity index (χ0) is 7.23. The van der Waals surface area contributed by atoms with Gasteiger partial charge in [0.05, 0.1) is 0 Å². The lowest BCUT2D eigenvalue weighted by Crippen LogP contribution is -1.98. The SMILES string of the molecule is SCCCCn1cnnn1. The first-order valence-corrected chi connectivity index (χ1v) is 3.88. The average Bonchev–Trinajstić information content (AvgIpc) is 2.41. The fraction of sp³-hybridized carbons (Fsp3) is 0.800. The molecule has 0 spiro atoms. The van der Waals surface area contributed by atoms with Gasteiger partial charge in [-0.25, -0.2) is 4.68 Å². The summed E-state index contributed by atoms with van der Waals surface area (Å²) < 4.78 is 1.73. The van der Waals surface area contributed by atoms with Crippen molar-refractivity contribution >= 4 is 12.6 Å². The molecular formula is C5H10N4S. The smallest absolute Gasteiger partial charge is 0.138 e. The number of hydrogen-bond donors (Lipinski definition) is 1. The van der Waals surface area contributed by atoms with Crippen LogP contribution in [0.1, 0.15) is 12.8 Å². The first kappa shape index (κ1) is 7.53. The molecule has 5 heteroatoms. The number of aromatic nitrogens is 4. The van der Waals surface area contributed by atoms with Crippen molar-refractivity contribution in [3.63, 3.8) is 0 Å². The van der Waals surface area contributed by atoms with Gasteiger partial charge in [-0.15, -0.1) is 5.10 Å². The Bertz CT molecular complexity index is 162. The van der Waals surface area contributed by atoms with Gasteiger partial charge in [-0.3, -0.25) is 0 Å². The van der Waals surface area contributed by atoms with E-state index in [1.807, 2.05) is 0 Å². The molecule has 56 valence electrons. The molecule has 1 rings (SSSR count). The lowest BCUT2D eigenvalue weighted by Gasteiger charge is -1.95. The van der Waals surface area contributed by atoms with Crippen LogP contribution in [0.5, 0.6) is 0 Å². The average molecular weight is 158 g/mol. The van der Waals surface area contributed by atoms with Crippen LogP contribution in [-0.2, 0) is 6.54 Å². The highest BCUT2D eigenvalue weighted by molar-refractivity contribution is 7.80. The molecule has 0 radical (unpaired) electrons. The van der Waals surface area contributed by atoms with Gasteiger partial charge in [0.15, 0.2) is 0 Å². The Morgan fingerprint density at radius 1 is 1.40 bits per heavy atom. The van der Waals surface area contributed by atoms with E-state index in [2.05, 4.69) is 28.2 Å². The van der Waals surface area contributed by atoms with Crippen molar-refractivity contribution in [1.82, 2.24) is 20.2 Å². The molecule has 0 aliphatic rings. The predicted molar refractivity (Wildman–Crippen MR) is 40.9 cm³/mol. The van der Waals surface area contributed by atoms with Crippen molar-refractivity contribution in [1.29, 1.82) is 0 Å². The molecule has 0 N–H and O–H groups in total. The maximum Gasteiger partial charge on any atom is 0.138 e. The number of hydrogen-bond acceptors (Lipinski definition) is 4. The van der Waals surface area contributed by atoms with Crippen molar-refractivity contribution in [3.8, 4) is 0 Å². The van der Waals surface area contributed by atoms with Crippen LogP contribution in [0, 0.1) is 0 Å². The van der Waals surface area contributed by atoms with Gasteiger partial charge in [-0.1, -0.05) is 0 Å². The fourth-order valence-corrected chi connectivity index (χ4v) is 0.892. The summed E-state index contributed by atoms with van der Waals surface area (Å²) in [6.07, 6.45) is 3.83. The van der Waals surface area contributed by atoms with E-state index >= 15 is 0 Å². The maximum absolute atomic E-state index is 4.09. The summed E-state index contributed by atoms with van der Waals surface area (Å²) >= 11 is 4.09. The van der Waals surface area contributed by atoms with Crippen molar-refractivity contribution in [2.24, 2.45) is 0 Å². The molecule has 10 heavy (non-hydrogen) atoms. The van der Waals surface area contributed by atoms with Crippen molar-refractivity contribution in [2.45, 2.75) is 19.4 Å². The fourth-order valence-electron chi connectivity index (χ4n) is 0.668. The van der Waals surface area contributed by atoms with E-state index in [0.29, 0.717) is 0 Å². The summed E-state index contributed by atoms with van der Waals surface area (Å²) in [6.45, 7) is 0.896. The van der Waals surface area contributed by atoms with Crippen LogP contribution >= 0.6 is 12.6 Å². The number of tetrazole rings is 1. The van der Waals surface area contributed by atoms with Gasteiger partial charge >= 0.3 is 0 Å². The highest BCUT2D eigenvalue weighted by Crippen LogP contribution is 1.93. The van der Waals surface area contributed by atoms with Crippen LogP contribution in [0.25, 0.3) is 0 Å². The zero-order valence-corrected chi connectivity index (χ0v) is 6.54. The Kier molecular flexibility index (Phi) is 3.21. The van der Waals surface area contributed by atoms with Gasteiger partial charge in [-0.05, 0) is 29.0 Å². The molecule has 1 heterocycles. The van der Waals surface area contributed by atoms with Crippen LogP contribution in [-0.4, -0.2) is 26.0 Å². The third-order valence-electron chi connectivity index (χ3n) is 1.19. The molecule has 1 aromatic heterocycles. The van der Waals surface area contributed by atoms with Crippen LogP contribution in [0.2, 0.25) is 0 Å². The summed E-state index contributed by atoms with van der Waals surface area (Å²) in [5, 5.41) is 10.7. The number of aryl methyl sites for hydroxylation is 1. The minimum Gasteiger partial charge on any atom is -0.233 e. The Morgan fingerprint density at radius 3 is 2.90 bits per heavy atom. The lowest BCUT2D eigenvalue weighted by molar-refractivity contribution is 0.554. The topological polar surface area (TPSA) is 43.6 Å². The molecule has 0 unspecified atom stereocenters. The molecule has 1 aromatic rings. The largest absolute Gasteiger partial charge is 0.233 e. The van der Waals surface area contributed by atoms with E-state index in [9.17, 15) is 0 Å². The summed E-state index contributed by atoms with van der Waals surface area (Å²) in [6, 6.07) is 0. The molecule has 0 bridgehead atoms. The van der Waals surface area contributed by atoms with Crippen LogP contribution < -0.4 is 0 Å². The molecular weight excluding hydrogens is 148 g/mol. The Labute approximate surface area is 65.0 Å². The van der Waals surface area contributed by atoms with Crippen LogP contribution in [0.15, 0.2) is 6.33 Å². The van der Waals surface area contributed by atoms with Crippen molar-refractivity contribution < 1.29 is 0 Å². The van der Waals surface area contributed by atoms with E-state index in [0.717, 1.165) is 25.1 Å². The Balaban J connectivity index is 2.15. The number of thiol groups is 1. The summed E-state index contributed by atoms with van der Waals surface area (Å²) in [7, 11) is 0. The molecule has 4 nitrogen and oxygen atoms in total. The van der Waals surface area contributed by atoms with Gasteiger partial charge in [0.1, 0.15) is 6.33 Å². The monoisotopic (exact) mass is 158 g/mol. The molecule has 0 aliphatic heterocycles. The Hall–Kier alpha value is -0.580. The molecule has 0 atom stereocenters. The van der Waals surface area contributed by atoms with E-state index in [4.69, 9.17) is 0 Å². The predicted octanol–water partition coefficient (Wildman–Crippen LogP) is 0.383. The maximum atomic E-state index is 4.09. The highest BCUT2D eigenvalue weighted by Gasteiger charge is 1.90. The molecule has 0 aliphatic carbocycles. The van der Waals surface area contributed by atoms with Gasteiger partial charge in [0.25, 0.3) is 0 Å². The second-order valence-corrected chi connectivity index (χ2v) is 2.45. The molecule has 0 fully saturated rings. The molecule has 0 aromatic carbocycles. The first-order valence-electron chi connectivity index (χ1n) is 3.25.